The van der Waals surface area contributed by atoms with Crippen molar-refractivity contribution in [1.82, 2.24) is 14.9 Å². The molecule has 1 atom stereocenters. The van der Waals surface area contributed by atoms with E-state index in [0.29, 0.717) is 18.9 Å². The van der Waals surface area contributed by atoms with Crippen LogP contribution in [0, 0.1) is 6.92 Å². The van der Waals surface area contributed by atoms with Crippen molar-refractivity contribution in [2.75, 3.05) is 31.6 Å². The molecule has 7 nitrogen and oxygen atoms in total. The Morgan fingerprint density at radius 1 is 1.50 bits per heavy atom. The van der Waals surface area contributed by atoms with E-state index in [4.69, 9.17) is 4.42 Å². The van der Waals surface area contributed by atoms with Gasteiger partial charge in [0.1, 0.15) is 12.1 Å². The van der Waals surface area contributed by atoms with E-state index in [1.54, 1.807) is 20.2 Å². The number of carbonyl (C=O) groups is 1. The number of rotatable bonds is 4. The molecule has 1 saturated heterocycles. The average molecular weight is 330 g/mol. The van der Waals surface area contributed by atoms with E-state index in [2.05, 4.69) is 14.9 Å². The SMILES string of the molecule is Cc1nc(C(=O)N(C)CC2(O)CCCN(c3ccccn3)C2)co1. The fraction of sp³-hybridized carbons (Fsp3) is 0.471. The topological polar surface area (TPSA) is 82.7 Å². The first-order valence-electron chi connectivity index (χ1n) is 8.03. The number of nitrogens with zero attached hydrogens (tertiary/aromatic N) is 4. The van der Waals surface area contributed by atoms with E-state index in [9.17, 15) is 9.90 Å². The van der Waals surface area contributed by atoms with Crippen molar-refractivity contribution in [3.8, 4) is 0 Å². The molecule has 1 amide bonds. The molecule has 1 N–H and O–H groups in total. The molecule has 0 radical (unpaired) electrons. The van der Waals surface area contributed by atoms with Gasteiger partial charge in [0, 0.05) is 33.3 Å². The third-order valence-electron chi connectivity index (χ3n) is 4.24. The van der Waals surface area contributed by atoms with Gasteiger partial charge in [-0.2, -0.15) is 0 Å². The third kappa shape index (κ3) is 3.56. The summed E-state index contributed by atoms with van der Waals surface area (Å²) >= 11 is 0. The molecule has 0 saturated carbocycles. The standard InChI is InChI=1S/C17H22N4O3/c1-13-19-14(10-24-13)16(22)20(2)11-17(23)7-5-9-21(12-17)15-6-3-4-8-18-15/h3-4,6,8,10,23H,5,7,9,11-12H2,1-2H3. The van der Waals surface area contributed by atoms with E-state index in [-0.39, 0.29) is 18.1 Å². The van der Waals surface area contributed by atoms with Gasteiger partial charge in [-0.1, -0.05) is 6.07 Å². The molecule has 24 heavy (non-hydrogen) atoms. The number of β-amino-alcohol motifs (C(OH)–C–C–N with tert-alkyl or cyclic N) is 1. The minimum Gasteiger partial charge on any atom is -0.448 e. The highest BCUT2D eigenvalue weighted by molar-refractivity contribution is 5.91. The van der Waals surface area contributed by atoms with Crippen LogP contribution >= 0.6 is 0 Å². The lowest BCUT2D eigenvalue weighted by atomic mass is 9.92. The fourth-order valence-electron chi connectivity index (χ4n) is 3.15. The van der Waals surface area contributed by atoms with Crippen molar-refractivity contribution in [2.24, 2.45) is 0 Å². The summed E-state index contributed by atoms with van der Waals surface area (Å²) in [6, 6.07) is 5.73. The van der Waals surface area contributed by atoms with Crippen molar-refractivity contribution in [1.29, 1.82) is 0 Å². The summed E-state index contributed by atoms with van der Waals surface area (Å²) in [6.45, 7) is 3.22. The van der Waals surface area contributed by atoms with Crippen LogP contribution < -0.4 is 4.90 Å². The van der Waals surface area contributed by atoms with Crippen molar-refractivity contribution < 1.29 is 14.3 Å². The van der Waals surface area contributed by atoms with Crippen LogP contribution in [0.3, 0.4) is 0 Å². The van der Waals surface area contributed by atoms with Gasteiger partial charge in [0.2, 0.25) is 0 Å². The van der Waals surface area contributed by atoms with Gasteiger partial charge in [-0.3, -0.25) is 4.79 Å². The van der Waals surface area contributed by atoms with Gasteiger partial charge in [0.15, 0.2) is 11.6 Å². The zero-order chi connectivity index (χ0) is 17.2. The summed E-state index contributed by atoms with van der Waals surface area (Å²) in [6.07, 6.45) is 4.58. The fourth-order valence-corrected chi connectivity index (χ4v) is 3.15. The van der Waals surface area contributed by atoms with Crippen LogP contribution in [0.2, 0.25) is 0 Å². The van der Waals surface area contributed by atoms with Crippen LogP contribution in [0.1, 0.15) is 29.2 Å². The first-order chi connectivity index (χ1) is 11.5. The largest absolute Gasteiger partial charge is 0.448 e. The van der Waals surface area contributed by atoms with E-state index in [0.717, 1.165) is 18.8 Å². The van der Waals surface area contributed by atoms with E-state index in [1.165, 1.54) is 11.2 Å². The second-order valence-corrected chi connectivity index (χ2v) is 6.35. The molecule has 1 fully saturated rings. The maximum atomic E-state index is 12.4. The first-order valence-corrected chi connectivity index (χ1v) is 8.03. The molecule has 7 heteroatoms. The Morgan fingerprint density at radius 3 is 3.00 bits per heavy atom. The third-order valence-corrected chi connectivity index (χ3v) is 4.24. The number of aryl methyl sites for hydroxylation is 1. The number of likely N-dealkylation sites (N-methyl/N-ethyl adjacent to an activating group) is 1. The van der Waals surface area contributed by atoms with Crippen molar-refractivity contribution in [2.45, 2.75) is 25.4 Å². The Morgan fingerprint density at radius 2 is 2.33 bits per heavy atom. The molecule has 2 aromatic rings. The number of anilines is 1. The predicted octanol–water partition coefficient (Wildman–Crippen LogP) is 1.48. The van der Waals surface area contributed by atoms with E-state index >= 15 is 0 Å². The summed E-state index contributed by atoms with van der Waals surface area (Å²) in [5, 5.41) is 11.0. The lowest BCUT2D eigenvalue weighted by molar-refractivity contribution is -0.000281. The molecule has 1 unspecified atom stereocenters. The number of pyridine rings is 1. The van der Waals surface area contributed by atoms with Gasteiger partial charge in [-0.25, -0.2) is 9.97 Å². The minimum atomic E-state index is -0.973. The van der Waals surface area contributed by atoms with E-state index in [1.807, 2.05) is 18.2 Å². The molecule has 1 aliphatic heterocycles. The molecule has 0 spiro atoms. The Labute approximate surface area is 140 Å². The monoisotopic (exact) mass is 330 g/mol. The Kier molecular flexibility index (Phi) is 4.53. The zero-order valence-corrected chi connectivity index (χ0v) is 14.0. The Hall–Kier alpha value is -2.41. The number of carbonyl (C=O) groups excluding carboxylic acids is 1. The van der Waals surface area contributed by atoms with Crippen LogP contribution in [0.15, 0.2) is 35.1 Å². The summed E-state index contributed by atoms with van der Waals surface area (Å²) in [7, 11) is 1.67. The zero-order valence-electron chi connectivity index (χ0n) is 14.0. The summed E-state index contributed by atoms with van der Waals surface area (Å²) < 4.78 is 5.09. The molecule has 0 aliphatic carbocycles. The molecule has 3 rings (SSSR count). The van der Waals surface area contributed by atoms with Crippen LogP contribution in [0.4, 0.5) is 5.82 Å². The molecular formula is C17H22N4O3. The summed E-state index contributed by atoms with van der Waals surface area (Å²) in [5.41, 5.74) is -0.713. The van der Waals surface area contributed by atoms with Gasteiger partial charge in [0.25, 0.3) is 5.91 Å². The van der Waals surface area contributed by atoms with Gasteiger partial charge in [-0.05, 0) is 25.0 Å². The van der Waals surface area contributed by atoms with E-state index < -0.39 is 5.60 Å². The van der Waals surface area contributed by atoms with Crippen molar-refractivity contribution in [3.63, 3.8) is 0 Å². The van der Waals surface area contributed by atoms with Gasteiger partial charge >= 0.3 is 0 Å². The van der Waals surface area contributed by atoms with Crippen LogP contribution in [-0.2, 0) is 0 Å². The number of aromatic nitrogens is 2. The summed E-state index contributed by atoms with van der Waals surface area (Å²) in [5.74, 6) is 1.04. The lowest BCUT2D eigenvalue weighted by Crippen LogP contribution is -2.54. The highest BCUT2D eigenvalue weighted by atomic mass is 16.3. The Bertz CT molecular complexity index is 703. The Balaban J connectivity index is 1.67. The highest BCUT2D eigenvalue weighted by Gasteiger charge is 2.36. The molecule has 3 heterocycles. The van der Waals surface area contributed by atoms with Gasteiger partial charge in [-0.15, -0.1) is 0 Å². The quantitative estimate of drug-likeness (QED) is 0.914. The highest BCUT2D eigenvalue weighted by Crippen LogP contribution is 2.25. The van der Waals surface area contributed by atoms with Gasteiger partial charge in [0.05, 0.1) is 12.1 Å². The predicted molar refractivity (Wildman–Crippen MR) is 88.8 cm³/mol. The molecule has 1 aliphatic rings. The van der Waals surface area contributed by atoms with Crippen LogP contribution in [0.25, 0.3) is 0 Å². The number of piperidine rings is 1. The average Bonchev–Trinajstić information content (AvgIpc) is 3.01. The van der Waals surface area contributed by atoms with Crippen LogP contribution in [-0.4, -0.2) is 58.2 Å². The smallest absolute Gasteiger partial charge is 0.275 e. The molecule has 2 aromatic heterocycles. The normalized spacial score (nSPS) is 20.9. The van der Waals surface area contributed by atoms with Gasteiger partial charge < -0.3 is 19.3 Å². The van der Waals surface area contributed by atoms with Crippen molar-refractivity contribution >= 4 is 11.7 Å². The molecule has 0 aromatic carbocycles. The second kappa shape index (κ2) is 6.60. The lowest BCUT2D eigenvalue weighted by Gasteiger charge is -2.41. The van der Waals surface area contributed by atoms with Crippen molar-refractivity contribution in [3.05, 3.63) is 42.2 Å². The molecule has 0 bridgehead atoms. The number of hydrogen-bond acceptors (Lipinski definition) is 6. The first kappa shape index (κ1) is 16.4. The maximum Gasteiger partial charge on any atom is 0.275 e. The number of hydrogen-bond donors (Lipinski definition) is 1. The summed E-state index contributed by atoms with van der Waals surface area (Å²) in [4.78, 5) is 24.3. The minimum absolute atomic E-state index is 0.237. The maximum absolute atomic E-state index is 12.4. The molecule has 128 valence electrons. The number of oxazole rings is 1. The number of amides is 1. The number of aliphatic hydroxyl groups is 1. The molecular weight excluding hydrogens is 308 g/mol. The second-order valence-electron chi connectivity index (χ2n) is 6.35. The van der Waals surface area contributed by atoms with Crippen LogP contribution in [0.5, 0.6) is 0 Å².